The SMILES string of the molecule is O=C(NCC1(O)CCCC1)c1ccc(-n2cncn2)nc1. The van der Waals surface area contributed by atoms with Gasteiger partial charge in [-0.15, -0.1) is 0 Å². The average molecular weight is 287 g/mol. The fourth-order valence-corrected chi connectivity index (χ4v) is 2.54. The van der Waals surface area contributed by atoms with E-state index in [1.807, 2.05) is 0 Å². The third-order valence-corrected chi connectivity index (χ3v) is 3.78. The van der Waals surface area contributed by atoms with Crippen molar-refractivity contribution in [1.29, 1.82) is 0 Å². The normalized spacial score (nSPS) is 16.8. The van der Waals surface area contributed by atoms with Crippen LogP contribution < -0.4 is 5.32 Å². The van der Waals surface area contributed by atoms with Crippen molar-refractivity contribution in [2.75, 3.05) is 6.54 Å². The van der Waals surface area contributed by atoms with Gasteiger partial charge in [0.15, 0.2) is 5.82 Å². The molecule has 0 spiro atoms. The van der Waals surface area contributed by atoms with Gasteiger partial charge in [0, 0.05) is 12.7 Å². The maximum atomic E-state index is 12.0. The van der Waals surface area contributed by atoms with Gasteiger partial charge in [0.2, 0.25) is 0 Å². The molecular formula is C14H17N5O2. The molecule has 0 atom stereocenters. The summed E-state index contributed by atoms with van der Waals surface area (Å²) in [5.41, 5.74) is -0.288. The fourth-order valence-electron chi connectivity index (χ4n) is 2.54. The summed E-state index contributed by atoms with van der Waals surface area (Å²) in [6.07, 6.45) is 7.97. The van der Waals surface area contributed by atoms with Crippen LogP contribution in [0.3, 0.4) is 0 Å². The number of carbonyl (C=O) groups excluding carboxylic acids is 1. The van der Waals surface area contributed by atoms with Crippen LogP contribution in [-0.2, 0) is 0 Å². The first-order valence-electron chi connectivity index (χ1n) is 6.98. The van der Waals surface area contributed by atoms with E-state index in [2.05, 4.69) is 20.4 Å². The molecule has 1 aliphatic rings. The lowest BCUT2D eigenvalue weighted by molar-refractivity contribution is 0.0449. The minimum atomic E-state index is -0.746. The molecule has 110 valence electrons. The second-order valence-corrected chi connectivity index (χ2v) is 5.36. The molecule has 7 heteroatoms. The van der Waals surface area contributed by atoms with E-state index in [-0.39, 0.29) is 12.5 Å². The summed E-state index contributed by atoms with van der Waals surface area (Å²) >= 11 is 0. The van der Waals surface area contributed by atoms with E-state index in [4.69, 9.17) is 0 Å². The molecule has 0 unspecified atom stereocenters. The van der Waals surface area contributed by atoms with Gasteiger partial charge in [0.25, 0.3) is 5.91 Å². The first-order chi connectivity index (χ1) is 10.2. The van der Waals surface area contributed by atoms with Gasteiger partial charge in [-0.2, -0.15) is 5.10 Å². The number of aliphatic hydroxyl groups is 1. The van der Waals surface area contributed by atoms with Crippen molar-refractivity contribution < 1.29 is 9.90 Å². The molecule has 0 radical (unpaired) electrons. The molecule has 7 nitrogen and oxygen atoms in total. The number of nitrogens with one attached hydrogen (secondary N) is 1. The van der Waals surface area contributed by atoms with Gasteiger partial charge >= 0.3 is 0 Å². The summed E-state index contributed by atoms with van der Waals surface area (Å²) in [5.74, 6) is 0.367. The molecule has 1 amide bonds. The maximum Gasteiger partial charge on any atom is 0.252 e. The van der Waals surface area contributed by atoms with Crippen LogP contribution in [0, 0.1) is 0 Å². The third kappa shape index (κ3) is 3.08. The van der Waals surface area contributed by atoms with Gasteiger partial charge < -0.3 is 10.4 Å². The monoisotopic (exact) mass is 287 g/mol. The van der Waals surface area contributed by atoms with Crippen molar-refractivity contribution in [3.05, 3.63) is 36.5 Å². The Hall–Kier alpha value is -2.28. The van der Waals surface area contributed by atoms with Gasteiger partial charge in [0.05, 0.1) is 11.2 Å². The molecule has 2 heterocycles. The van der Waals surface area contributed by atoms with Crippen LogP contribution in [-0.4, -0.2) is 42.9 Å². The van der Waals surface area contributed by atoms with Crippen LogP contribution in [0.5, 0.6) is 0 Å². The van der Waals surface area contributed by atoms with Crippen molar-refractivity contribution in [2.45, 2.75) is 31.3 Å². The lowest BCUT2D eigenvalue weighted by Crippen LogP contribution is -2.40. The van der Waals surface area contributed by atoms with Gasteiger partial charge in [-0.3, -0.25) is 4.79 Å². The number of hydrogen-bond acceptors (Lipinski definition) is 5. The van der Waals surface area contributed by atoms with Crippen molar-refractivity contribution >= 4 is 5.91 Å². The Kier molecular flexibility index (Phi) is 3.66. The van der Waals surface area contributed by atoms with Crippen molar-refractivity contribution in [3.8, 4) is 5.82 Å². The lowest BCUT2D eigenvalue weighted by atomic mass is 10.0. The highest BCUT2D eigenvalue weighted by Crippen LogP contribution is 2.28. The molecule has 2 aromatic heterocycles. The van der Waals surface area contributed by atoms with Crippen molar-refractivity contribution in [2.24, 2.45) is 0 Å². The zero-order valence-electron chi connectivity index (χ0n) is 11.6. The second kappa shape index (κ2) is 5.61. The van der Waals surface area contributed by atoms with E-state index >= 15 is 0 Å². The first kappa shape index (κ1) is 13.7. The fraction of sp³-hybridized carbons (Fsp3) is 0.429. The molecule has 1 saturated carbocycles. The second-order valence-electron chi connectivity index (χ2n) is 5.36. The standard InChI is InChI=1S/C14H17N5O2/c20-13(17-8-14(21)5-1-2-6-14)11-3-4-12(16-7-11)19-10-15-9-18-19/h3-4,7,9-10,21H,1-2,5-6,8H2,(H,17,20). The third-order valence-electron chi connectivity index (χ3n) is 3.78. The van der Waals surface area contributed by atoms with Crippen LogP contribution in [0.2, 0.25) is 0 Å². The molecular weight excluding hydrogens is 270 g/mol. The number of hydrogen-bond donors (Lipinski definition) is 2. The number of carbonyl (C=O) groups is 1. The summed E-state index contributed by atoms with van der Waals surface area (Å²) in [6.45, 7) is 0.288. The summed E-state index contributed by atoms with van der Waals surface area (Å²) in [4.78, 5) is 20.1. The number of rotatable bonds is 4. The Morgan fingerprint density at radius 1 is 1.38 bits per heavy atom. The molecule has 0 saturated heterocycles. The molecule has 0 bridgehead atoms. The van der Waals surface area contributed by atoms with Gasteiger partial charge in [-0.1, -0.05) is 12.8 Å². The smallest absolute Gasteiger partial charge is 0.252 e. The van der Waals surface area contributed by atoms with Crippen LogP contribution in [0.4, 0.5) is 0 Å². The molecule has 21 heavy (non-hydrogen) atoms. The number of amides is 1. The molecule has 0 aromatic carbocycles. The predicted molar refractivity (Wildman–Crippen MR) is 74.9 cm³/mol. The largest absolute Gasteiger partial charge is 0.388 e. The lowest BCUT2D eigenvalue weighted by Gasteiger charge is -2.22. The minimum Gasteiger partial charge on any atom is -0.388 e. The van der Waals surface area contributed by atoms with E-state index in [1.54, 1.807) is 12.1 Å². The highest BCUT2D eigenvalue weighted by atomic mass is 16.3. The topological polar surface area (TPSA) is 92.9 Å². The van der Waals surface area contributed by atoms with Crippen LogP contribution >= 0.6 is 0 Å². The Bertz CT molecular complexity index is 603. The molecule has 0 aliphatic heterocycles. The average Bonchev–Trinajstić information content (AvgIpc) is 3.17. The van der Waals surface area contributed by atoms with Gasteiger partial charge in [0.1, 0.15) is 12.7 Å². The Balaban J connectivity index is 1.62. The molecule has 2 aromatic rings. The quantitative estimate of drug-likeness (QED) is 0.863. The van der Waals surface area contributed by atoms with E-state index in [0.29, 0.717) is 11.4 Å². The zero-order valence-corrected chi connectivity index (χ0v) is 11.6. The number of aromatic nitrogens is 4. The number of nitrogens with zero attached hydrogens (tertiary/aromatic N) is 4. The van der Waals surface area contributed by atoms with Crippen LogP contribution in [0.1, 0.15) is 36.0 Å². The highest BCUT2D eigenvalue weighted by molar-refractivity contribution is 5.93. The summed E-state index contributed by atoms with van der Waals surface area (Å²) in [5, 5.41) is 16.9. The number of pyridine rings is 1. The van der Waals surface area contributed by atoms with Crippen LogP contribution in [0.15, 0.2) is 31.0 Å². The predicted octanol–water partition coefficient (Wildman–Crippen LogP) is 0.697. The van der Waals surface area contributed by atoms with Gasteiger partial charge in [-0.05, 0) is 25.0 Å². The van der Waals surface area contributed by atoms with Crippen molar-refractivity contribution in [1.82, 2.24) is 25.1 Å². The molecule has 3 rings (SSSR count). The molecule has 1 aliphatic carbocycles. The zero-order chi connectivity index (χ0) is 14.7. The van der Waals surface area contributed by atoms with E-state index in [9.17, 15) is 9.90 Å². The van der Waals surface area contributed by atoms with Gasteiger partial charge in [-0.25, -0.2) is 14.6 Å². The summed E-state index contributed by atoms with van der Waals surface area (Å²) < 4.78 is 1.52. The minimum absolute atomic E-state index is 0.229. The Morgan fingerprint density at radius 3 is 2.81 bits per heavy atom. The summed E-state index contributed by atoms with van der Waals surface area (Å²) in [6, 6.07) is 3.38. The Morgan fingerprint density at radius 2 is 2.19 bits per heavy atom. The first-order valence-corrected chi connectivity index (χ1v) is 6.98. The highest BCUT2D eigenvalue weighted by Gasteiger charge is 2.31. The van der Waals surface area contributed by atoms with E-state index in [1.165, 1.54) is 23.5 Å². The van der Waals surface area contributed by atoms with Crippen LogP contribution in [0.25, 0.3) is 5.82 Å². The van der Waals surface area contributed by atoms with E-state index in [0.717, 1.165) is 25.7 Å². The Labute approximate surface area is 122 Å². The van der Waals surface area contributed by atoms with Crippen molar-refractivity contribution in [3.63, 3.8) is 0 Å². The maximum absolute atomic E-state index is 12.0. The molecule has 1 fully saturated rings. The summed E-state index contributed by atoms with van der Waals surface area (Å²) in [7, 11) is 0. The van der Waals surface area contributed by atoms with E-state index < -0.39 is 5.60 Å². The molecule has 2 N–H and O–H groups in total.